The van der Waals surface area contributed by atoms with Crippen molar-refractivity contribution in [1.82, 2.24) is 0 Å². The first kappa shape index (κ1) is 10.3. The highest BCUT2D eigenvalue weighted by molar-refractivity contribution is 5.09. The summed E-state index contributed by atoms with van der Waals surface area (Å²) in [4.78, 5) is 0. The molecule has 0 aromatic heterocycles. The van der Waals surface area contributed by atoms with E-state index in [0.717, 1.165) is 0 Å². The molecule has 5 heteroatoms. The van der Waals surface area contributed by atoms with Crippen LogP contribution in [0.3, 0.4) is 0 Å². The van der Waals surface area contributed by atoms with Gasteiger partial charge < -0.3 is 15.2 Å². The lowest BCUT2D eigenvalue weighted by molar-refractivity contribution is -0.187. The smallest absolute Gasteiger partial charge is 0.251 e. The topological polar surface area (TPSA) is 44.5 Å². The van der Waals surface area contributed by atoms with Crippen LogP contribution in [0.15, 0.2) is 0 Å². The van der Waals surface area contributed by atoms with Crippen molar-refractivity contribution in [2.75, 3.05) is 6.61 Å². The van der Waals surface area contributed by atoms with E-state index in [1.807, 2.05) is 0 Å². The molecule has 1 saturated carbocycles. The molecule has 0 spiro atoms. The van der Waals surface area contributed by atoms with Crippen molar-refractivity contribution in [3.05, 3.63) is 0 Å². The molecule has 0 aromatic rings. The van der Waals surface area contributed by atoms with Crippen LogP contribution < -0.4 is 5.73 Å². The number of rotatable bonds is 1. The van der Waals surface area contributed by atoms with Gasteiger partial charge in [0.1, 0.15) is 6.10 Å². The Morgan fingerprint density at radius 2 is 1.86 bits per heavy atom. The third kappa shape index (κ3) is 1.64. The molecule has 0 amide bonds. The zero-order chi connectivity index (χ0) is 10.6. The van der Waals surface area contributed by atoms with Crippen LogP contribution in [-0.4, -0.2) is 30.0 Å². The Morgan fingerprint density at radius 1 is 1.29 bits per heavy atom. The van der Waals surface area contributed by atoms with E-state index >= 15 is 0 Å². The Bertz CT molecular complexity index is 247. The number of hydrogen-bond acceptors (Lipinski definition) is 3. The SMILES string of the molecule is CC1(C)OCC(C2(N)CC(F)(F)C2)O1. The summed E-state index contributed by atoms with van der Waals surface area (Å²) in [6, 6.07) is 0. The first-order valence-electron chi connectivity index (χ1n) is 4.71. The number of hydrogen-bond donors (Lipinski definition) is 1. The lowest BCUT2D eigenvalue weighted by atomic mass is 9.70. The van der Waals surface area contributed by atoms with Crippen LogP contribution in [0.5, 0.6) is 0 Å². The van der Waals surface area contributed by atoms with Crippen LogP contribution >= 0.6 is 0 Å². The standard InChI is InChI=1S/C9H15F2NO2/c1-7(2)13-3-6(14-7)8(12)4-9(10,11)5-8/h6H,3-5,12H2,1-2H3. The Labute approximate surface area is 81.5 Å². The summed E-state index contributed by atoms with van der Waals surface area (Å²) in [7, 11) is 0. The molecule has 1 aliphatic heterocycles. The number of ether oxygens (including phenoxy) is 2. The number of halogens is 2. The van der Waals surface area contributed by atoms with Gasteiger partial charge in [-0.05, 0) is 13.8 Å². The average Bonchev–Trinajstić information content (AvgIpc) is 2.26. The highest BCUT2D eigenvalue weighted by atomic mass is 19.3. The van der Waals surface area contributed by atoms with Gasteiger partial charge in [-0.2, -0.15) is 0 Å². The zero-order valence-electron chi connectivity index (χ0n) is 8.35. The van der Waals surface area contributed by atoms with Crippen molar-refractivity contribution >= 4 is 0 Å². The maximum atomic E-state index is 12.7. The molecule has 2 aliphatic rings. The van der Waals surface area contributed by atoms with Crippen molar-refractivity contribution < 1.29 is 18.3 Å². The summed E-state index contributed by atoms with van der Waals surface area (Å²) in [5.41, 5.74) is 4.91. The van der Waals surface area contributed by atoms with Gasteiger partial charge in [0.25, 0.3) is 5.92 Å². The molecule has 1 saturated heterocycles. The molecule has 0 radical (unpaired) electrons. The van der Waals surface area contributed by atoms with Crippen LogP contribution in [0.4, 0.5) is 8.78 Å². The van der Waals surface area contributed by atoms with Crippen molar-refractivity contribution in [3.8, 4) is 0 Å². The summed E-state index contributed by atoms with van der Waals surface area (Å²) in [6.07, 6.45) is -1.01. The van der Waals surface area contributed by atoms with Gasteiger partial charge in [-0.1, -0.05) is 0 Å². The van der Waals surface area contributed by atoms with Crippen LogP contribution in [-0.2, 0) is 9.47 Å². The first-order chi connectivity index (χ1) is 6.23. The zero-order valence-corrected chi connectivity index (χ0v) is 8.35. The fraction of sp³-hybridized carbons (Fsp3) is 1.00. The van der Waals surface area contributed by atoms with E-state index in [1.54, 1.807) is 13.8 Å². The van der Waals surface area contributed by atoms with Gasteiger partial charge in [0, 0.05) is 12.8 Å². The van der Waals surface area contributed by atoms with Gasteiger partial charge >= 0.3 is 0 Å². The van der Waals surface area contributed by atoms with E-state index in [1.165, 1.54) is 0 Å². The fourth-order valence-corrected chi connectivity index (χ4v) is 2.11. The van der Waals surface area contributed by atoms with Gasteiger partial charge in [0.2, 0.25) is 0 Å². The average molecular weight is 207 g/mol. The Kier molecular flexibility index (Phi) is 1.94. The van der Waals surface area contributed by atoms with E-state index < -0.39 is 23.4 Å². The predicted octanol–water partition coefficient (Wildman–Crippen LogP) is 1.26. The summed E-state index contributed by atoms with van der Waals surface area (Å²) in [6.45, 7) is 3.82. The van der Waals surface area contributed by atoms with E-state index in [2.05, 4.69) is 0 Å². The molecule has 14 heavy (non-hydrogen) atoms. The molecule has 1 heterocycles. The largest absolute Gasteiger partial charge is 0.348 e. The summed E-state index contributed by atoms with van der Waals surface area (Å²) in [5.74, 6) is -3.31. The van der Waals surface area contributed by atoms with E-state index in [9.17, 15) is 8.78 Å². The highest BCUT2D eigenvalue weighted by Crippen LogP contribution is 2.48. The lowest BCUT2D eigenvalue weighted by Gasteiger charge is -2.47. The molecular formula is C9H15F2NO2. The normalized spacial score (nSPS) is 37.9. The minimum atomic E-state index is -2.62. The molecule has 1 aliphatic carbocycles. The van der Waals surface area contributed by atoms with Crippen molar-refractivity contribution in [3.63, 3.8) is 0 Å². The molecule has 0 bridgehead atoms. The molecule has 0 aromatic carbocycles. The van der Waals surface area contributed by atoms with Gasteiger partial charge in [-0.3, -0.25) is 0 Å². The number of nitrogens with two attached hydrogens (primary N) is 1. The second-order valence-electron chi connectivity index (χ2n) is 4.76. The molecular weight excluding hydrogens is 192 g/mol. The van der Waals surface area contributed by atoms with Gasteiger partial charge in [-0.25, -0.2) is 8.78 Å². The molecule has 2 fully saturated rings. The van der Waals surface area contributed by atoms with Gasteiger partial charge in [0.05, 0.1) is 12.1 Å². The van der Waals surface area contributed by atoms with Crippen molar-refractivity contribution in [1.29, 1.82) is 0 Å². The molecule has 2 N–H and O–H groups in total. The maximum absolute atomic E-state index is 12.7. The minimum absolute atomic E-state index is 0.301. The highest BCUT2D eigenvalue weighted by Gasteiger charge is 2.60. The van der Waals surface area contributed by atoms with E-state index in [0.29, 0.717) is 6.61 Å². The minimum Gasteiger partial charge on any atom is -0.348 e. The molecule has 3 nitrogen and oxygen atoms in total. The van der Waals surface area contributed by atoms with Crippen LogP contribution in [0, 0.1) is 0 Å². The Balaban J connectivity index is 1.99. The Hall–Kier alpha value is -0.260. The summed E-state index contributed by atoms with van der Waals surface area (Å²) >= 11 is 0. The molecule has 2 rings (SSSR count). The first-order valence-corrected chi connectivity index (χ1v) is 4.71. The van der Waals surface area contributed by atoms with Crippen molar-refractivity contribution in [2.45, 2.75) is 50.0 Å². The molecule has 1 unspecified atom stereocenters. The third-order valence-corrected chi connectivity index (χ3v) is 2.83. The van der Waals surface area contributed by atoms with Gasteiger partial charge in [-0.15, -0.1) is 0 Å². The summed E-state index contributed by atoms with van der Waals surface area (Å²) in [5, 5.41) is 0. The molecule has 82 valence electrons. The fourth-order valence-electron chi connectivity index (χ4n) is 2.11. The maximum Gasteiger partial charge on any atom is 0.251 e. The lowest BCUT2D eigenvalue weighted by Crippen LogP contribution is -2.65. The van der Waals surface area contributed by atoms with Crippen molar-refractivity contribution in [2.24, 2.45) is 5.73 Å². The summed E-state index contributed by atoms with van der Waals surface area (Å²) < 4.78 is 36.2. The Morgan fingerprint density at radius 3 is 2.21 bits per heavy atom. The third-order valence-electron chi connectivity index (χ3n) is 2.83. The predicted molar refractivity (Wildman–Crippen MR) is 46.0 cm³/mol. The van der Waals surface area contributed by atoms with E-state index in [4.69, 9.17) is 15.2 Å². The quantitative estimate of drug-likeness (QED) is 0.704. The second kappa shape index (κ2) is 2.65. The second-order valence-corrected chi connectivity index (χ2v) is 4.76. The number of alkyl halides is 2. The van der Waals surface area contributed by atoms with Crippen LogP contribution in [0.2, 0.25) is 0 Å². The molecule has 1 atom stereocenters. The van der Waals surface area contributed by atoms with E-state index in [-0.39, 0.29) is 12.8 Å². The van der Waals surface area contributed by atoms with Crippen LogP contribution in [0.1, 0.15) is 26.7 Å². The monoisotopic (exact) mass is 207 g/mol. The van der Waals surface area contributed by atoms with Gasteiger partial charge in [0.15, 0.2) is 5.79 Å². The van der Waals surface area contributed by atoms with Crippen LogP contribution in [0.25, 0.3) is 0 Å².